The van der Waals surface area contributed by atoms with Crippen molar-refractivity contribution >= 4 is 17.9 Å². The molecule has 0 aromatic rings. The van der Waals surface area contributed by atoms with Crippen molar-refractivity contribution < 1.29 is 24.2 Å². The third-order valence-electron chi connectivity index (χ3n) is 1.10. The van der Waals surface area contributed by atoms with Crippen LogP contribution in [-0.2, 0) is 19.1 Å². The fourth-order valence-electron chi connectivity index (χ4n) is 0.552. The number of esters is 2. The quantitative estimate of drug-likeness (QED) is 0.316. The highest BCUT2D eigenvalue weighted by molar-refractivity contribution is 6.04. The first-order chi connectivity index (χ1) is 7.06. The van der Waals surface area contributed by atoms with Gasteiger partial charge in [-0.2, -0.15) is 0 Å². The largest absolute Gasteiger partial charge is 0.478 e. The van der Waals surface area contributed by atoms with Gasteiger partial charge in [0.1, 0.15) is 0 Å². The molecular weight excluding hydrogens is 200 g/mol. The van der Waals surface area contributed by atoms with E-state index in [0.29, 0.717) is 0 Å². The Balaban J connectivity index is 0.000000262. The molecule has 0 amide bonds. The fraction of sp³-hybridized carbons (Fsp3) is 0.100. The molecule has 0 saturated heterocycles. The number of carboxylic acid groups (broad SMARTS) is 1. The highest BCUT2D eigenvalue weighted by atomic mass is 16.6. The third kappa shape index (κ3) is 8.17. The van der Waals surface area contributed by atoms with E-state index in [-0.39, 0.29) is 0 Å². The summed E-state index contributed by atoms with van der Waals surface area (Å²) in [6.45, 7) is 1.83. The minimum absolute atomic E-state index is 0.579. The lowest BCUT2D eigenvalue weighted by Crippen LogP contribution is -1.96. The first kappa shape index (κ1) is 12.8. The molecule has 5 nitrogen and oxygen atoms in total. The van der Waals surface area contributed by atoms with Crippen LogP contribution in [0.25, 0.3) is 0 Å². The lowest BCUT2D eigenvalue weighted by Gasteiger charge is -1.80. The summed E-state index contributed by atoms with van der Waals surface area (Å²) in [4.78, 5) is 29.6. The molecule has 0 unspecified atom stereocenters. The van der Waals surface area contributed by atoms with Crippen molar-refractivity contribution in [3.63, 3.8) is 0 Å². The van der Waals surface area contributed by atoms with E-state index in [0.717, 1.165) is 18.2 Å². The zero-order chi connectivity index (χ0) is 11.7. The van der Waals surface area contributed by atoms with Crippen molar-refractivity contribution in [2.75, 3.05) is 0 Å². The van der Waals surface area contributed by atoms with Crippen molar-refractivity contribution in [3.8, 4) is 0 Å². The van der Waals surface area contributed by atoms with Gasteiger partial charge in [-0.1, -0.05) is 18.2 Å². The number of aliphatic carboxylic acids is 1. The van der Waals surface area contributed by atoms with Gasteiger partial charge in [0.15, 0.2) is 0 Å². The molecule has 0 fully saturated rings. The second-order valence-corrected chi connectivity index (χ2v) is 2.30. The Bertz CT molecular complexity index is 320. The topological polar surface area (TPSA) is 80.7 Å². The number of carboxylic acids is 1. The van der Waals surface area contributed by atoms with E-state index in [9.17, 15) is 14.4 Å². The maximum Gasteiger partial charge on any atom is 0.338 e. The molecule has 0 bridgehead atoms. The molecule has 0 aromatic carbocycles. The molecule has 0 aliphatic carbocycles. The van der Waals surface area contributed by atoms with Crippen molar-refractivity contribution in [2.45, 2.75) is 6.92 Å². The summed E-state index contributed by atoms with van der Waals surface area (Å²) in [6, 6.07) is 0. The van der Waals surface area contributed by atoms with E-state index in [1.54, 1.807) is 12.2 Å². The molecular formula is C10H10O5. The zero-order valence-corrected chi connectivity index (χ0v) is 8.04. The van der Waals surface area contributed by atoms with Crippen LogP contribution in [0.4, 0.5) is 0 Å². The minimum atomic E-state index is -0.914. The highest BCUT2D eigenvalue weighted by Crippen LogP contribution is 1.92. The monoisotopic (exact) mass is 210 g/mol. The van der Waals surface area contributed by atoms with Gasteiger partial charge in [0.05, 0.1) is 0 Å². The number of hydrogen-bond donors (Lipinski definition) is 1. The van der Waals surface area contributed by atoms with Crippen LogP contribution in [0.15, 0.2) is 36.5 Å². The summed E-state index contributed by atoms with van der Waals surface area (Å²) in [7, 11) is 0. The Morgan fingerprint density at radius 2 is 1.80 bits per heavy atom. The highest BCUT2D eigenvalue weighted by Gasteiger charge is 2.10. The van der Waals surface area contributed by atoms with Crippen LogP contribution < -0.4 is 0 Å². The number of carbonyl (C=O) groups is 3. The summed E-state index contributed by atoms with van der Waals surface area (Å²) >= 11 is 0. The lowest BCUT2D eigenvalue weighted by molar-refractivity contribution is -0.150. The Morgan fingerprint density at radius 1 is 1.27 bits per heavy atom. The second-order valence-electron chi connectivity index (χ2n) is 2.30. The van der Waals surface area contributed by atoms with Gasteiger partial charge in [0, 0.05) is 18.2 Å². The summed E-state index contributed by atoms with van der Waals surface area (Å²) in [5.74, 6) is -2.07. The van der Waals surface area contributed by atoms with Crippen molar-refractivity contribution in [1.82, 2.24) is 0 Å². The normalized spacial score (nSPS) is 14.2. The molecule has 1 N–H and O–H groups in total. The second kappa shape index (κ2) is 7.25. The predicted octanol–water partition coefficient (Wildman–Crippen LogP) is 0.829. The average molecular weight is 210 g/mol. The molecule has 0 atom stereocenters. The summed E-state index contributed by atoms with van der Waals surface area (Å²) in [6.07, 6.45) is 8.15. The molecule has 1 aliphatic heterocycles. The van der Waals surface area contributed by atoms with E-state index in [2.05, 4.69) is 4.74 Å². The fourth-order valence-corrected chi connectivity index (χ4v) is 0.552. The maximum atomic E-state index is 9.92. The van der Waals surface area contributed by atoms with E-state index >= 15 is 0 Å². The van der Waals surface area contributed by atoms with Crippen LogP contribution in [0.2, 0.25) is 0 Å². The summed E-state index contributed by atoms with van der Waals surface area (Å²) in [5.41, 5.74) is 0. The lowest BCUT2D eigenvalue weighted by atomic mass is 10.4. The van der Waals surface area contributed by atoms with Gasteiger partial charge in [-0.05, 0) is 6.92 Å². The summed E-state index contributed by atoms with van der Waals surface area (Å²) in [5, 5.41) is 8.02. The number of carbonyl (C=O) groups excluding carboxylic acids is 2. The van der Waals surface area contributed by atoms with Gasteiger partial charge in [-0.3, -0.25) is 0 Å². The molecule has 1 heterocycles. The van der Waals surface area contributed by atoms with Gasteiger partial charge >= 0.3 is 17.9 Å². The molecule has 0 radical (unpaired) electrons. The standard InChI is InChI=1S/C6H8O2.C4H2O3/c1-2-3-4-5-6(7)8;5-3-1-2-4(6)7-3/h2-5H,1H3,(H,7,8);1-2H. The van der Waals surface area contributed by atoms with Crippen LogP contribution in [0, 0.1) is 0 Å². The number of cyclic esters (lactones) is 2. The number of hydrogen-bond acceptors (Lipinski definition) is 4. The molecule has 15 heavy (non-hydrogen) atoms. The molecule has 80 valence electrons. The maximum absolute atomic E-state index is 9.92. The van der Waals surface area contributed by atoms with Crippen molar-refractivity contribution in [2.24, 2.45) is 0 Å². The molecule has 0 spiro atoms. The Morgan fingerprint density at radius 3 is 2.07 bits per heavy atom. The Kier molecular flexibility index (Phi) is 6.20. The van der Waals surface area contributed by atoms with E-state index in [1.165, 1.54) is 6.08 Å². The average Bonchev–Trinajstić information content (AvgIpc) is 2.51. The van der Waals surface area contributed by atoms with Crippen molar-refractivity contribution in [1.29, 1.82) is 0 Å². The smallest absolute Gasteiger partial charge is 0.338 e. The first-order valence-electron chi connectivity index (χ1n) is 4.02. The number of ether oxygens (including phenoxy) is 1. The minimum Gasteiger partial charge on any atom is -0.478 e. The van der Waals surface area contributed by atoms with Gasteiger partial charge in [0.2, 0.25) is 0 Å². The van der Waals surface area contributed by atoms with Crippen LogP contribution in [-0.4, -0.2) is 23.0 Å². The summed E-state index contributed by atoms with van der Waals surface area (Å²) < 4.78 is 3.97. The van der Waals surface area contributed by atoms with Crippen LogP contribution in [0.1, 0.15) is 6.92 Å². The van der Waals surface area contributed by atoms with Crippen LogP contribution in [0.5, 0.6) is 0 Å². The van der Waals surface area contributed by atoms with E-state index in [1.807, 2.05) is 6.92 Å². The number of allylic oxidation sites excluding steroid dienone is 3. The molecule has 5 heteroatoms. The van der Waals surface area contributed by atoms with Gasteiger partial charge in [0.25, 0.3) is 0 Å². The first-order valence-corrected chi connectivity index (χ1v) is 4.02. The Hall–Kier alpha value is -2.17. The zero-order valence-electron chi connectivity index (χ0n) is 8.04. The third-order valence-corrected chi connectivity index (χ3v) is 1.10. The van der Waals surface area contributed by atoms with Gasteiger partial charge in [-0.25, -0.2) is 14.4 Å². The number of rotatable bonds is 2. The molecule has 0 aromatic heterocycles. The van der Waals surface area contributed by atoms with Crippen molar-refractivity contribution in [3.05, 3.63) is 36.5 Å². The molecule has 1 aliphatic rings. The molecule has 1 rings (SSSR count). The van der Waals surface area contributed by atoms with E-state index in [4.69, 9.17) is 5.11 Å². The van der Waals surface area contributed by atoms with Gasteiger partial charge in [-0.15, -0.1) is 0 Å². The molecule has 0 saturated carbocycles. The van der Waals surface area contributed by atoms with Crippen LogP contribution >= 0.6 is 0 Å². The van der Waals surface area contributed by atoms with Crippen LogP contribution in [0.3, 0.4) is 0 Å². The Labute approximate surface area is 86.3 Å². The predicted molar refractivity (Wildman–Crippen MR) is 51.8 cm³/mol. The van der Waals surface area contributed by atoms with Gasteiger partial charge < -0.3 is 9.84 Å². The van der Waals surface area contributed by atoms with E-state index < -0.39 is 17.9 Å². The SMILES string of the molecule is CC=CC=CC(=O)O.O=C1C=CC(=O)O1.